The Kier molecular flexibility index (Phi) is 9.12. The molecular weight excluding hydrogens is 415 g/mol. The number of aryl methyl sites for hydroxylation is 2. The van der Waals surface area contributed by atoms with Crippen molar-refractivity contribution in [1.82, 2.24) is 15.1 Å². The highest BCUT2D eigenvalue weighted by Crippen LogP contribution is 2.17. The van der Waals surface area contributed by atoms with Crippen molar-refractivity contribution in [1.29, 1.82) is 0 Å². The summed E-state index contributed by atoms with van der Waals surface area (Å²) >= 11 is 0. The van der Waals surface area contributed by atoms with Crippen molar-refractivity contribution in [3.8, 4) is 0 Å². The minimum absolute atomic E-state index is 0. The predicted octanol–water partition coefficient (Wildman–Crippen LogP) is 3.40. The maximum atomic E-state index is 5.60. The van der Waals surface area contributed by atoms with Crippen molar-refractivity contribution < 1.29 is 4.42 Å². The summed E-state index contributed by atoms with van der Waals surface area (Å²) in [5, 5.41) is 3.44. The first-order chi connectivity index (χ1) is 11.1. The molecule has 0 aromatic carbocycles. The van der Waals surface area contributed by atoms with Crippen molar-refractivity contribution in [2.75, 3.05) is 32.7 Å². The van der Waals surface area contributed by atoms with Crippen LogP contribution in [-0.4, -0.2) is 54.5 Å². The van der Waals surface area contributed by atoms with E-state index in [1.54, 1.807) is 0 Å². The molecule has 1 saturated heterocycles. The van der Waals surface area contributed by atoms with Gasteiger partial charge in [-0.1, -0.05) is 13.8 Å². The summed E-state index contributed by atoms with van der Waals surface area (Å²) in [6.07, 6.45) is 1.22. The van der Waals surface area contributed by atoms with E-state index in [-0.39, 0.29) is 24.0 Å². The number of rotatable bonds is 6. The van der Waals surface area contributed by atoms with Crippen LogP contribution in [0.4, 0.5) is 0 Å². The number of hydrogen-bond donors (Lipinski definition) is 1. The quantitative estimate of drug-likeness (QED) is 0.412. The highest BCUT2D eigenvalue weighted by Gasteiger charge is 2.27. The molecule has 0 radical (unpaired) electrons. The molecule has 0 spiro atoms. The molecule has 2 heterocycles. The Morgan fingerprint density at radius 1 is 1.33 bits per heavy atom. The second-order valence-electron chi connectivity index (χ2n) is 6.22. The van der Waals surface area contributed by atoms with Gasteiger partial charge >= 0.3 is 0 Å². The molecule has 1 atom stereocenters. The van der Waals surface area contributed by atoms with Gasteiger partial charge in [0.15, 0.2) is 5.96 Å². The van der Waals surface area contributed by atoms with Crippen molar-refractivity contribution in [2.45, 2.75) is 53.6 Å². The van der Waals surface area contributed by atoms with Gasteiger partial charge in [0.2, 0.25) is 0 Å². The largest absolute Gasteiger partial charge is 0.466 e. The Labute approximate surface area is 163 Å². The highest BCUT2D eigenvalue weighted by atomic mass is 127. The Hall–Kier alpha value is -0.760. The molecule has 0 bridgehead atoms. The average Bonchev–Trinajstić information content (AvgIpc) is 3.12. The molecule has 1 unspecified atom stereocenters. The van der Waals surface area contributed by atoms with Crippen molar-refractivity contribution in [2.24, 2.45) is 4.99 Å². The molecule has 1 aromatic heterocycles. The van der Waals surface area contributed by atoms with Gasteiger partial charge in [0.05, 0.1) is 6.54 Å². The second kappa shape index (κ2) is 10.3. The van der Waals surface area contributed by atoms with Gasteiger partial charge in [-0.2, -0.15) is 0 Å². The summed E-state index contributed by atoms with van der Waals surface area (Å²) in [5.74, 6) is 2.96. The van der Waals surface area contributed by atoms with Crippen molar-refractivity contribution >= 4 is 29.9 Å². The standard InChI is InChI=1S/C18H32N4O.HI/c1-6-19-18(20-12-16-11-14(4)23-15(16)5)22-10-9-17(13-22)21(7-2)8-3;/h11,17H,6-10,12-13H2,1-5H3,(H,19,20);1H. The number of halogens is 1. The highest BCUT2D eigenvalue weighted by molar-refractivity contribution is 14.0. The number of guanidine groups is 1. The minimum atomic E-state index is 0. The predicted molar refractivity (Wildman–Crippen MR) is 111 cm³/mol. The van der Waals surface area contributed by atoms with Crippen molar-refractivity contribution in [3.63, 3.8) is 0 Å². The third-order valence-electron chi connectivity index (χ3n) is 4.67. The fraction of sp³-hybridized carbons (Fsp3) is 0.722. The topological polar surface area (TPSA) is 44.0 Å². The number of furan rings is 1. The summed E-state index contributed by atoms with van der Waals surface area (Å²) in [6.45, 7) is 16.6. The van der Waals surface area contributed by atoms with Crippen LogP contribution in [0, 0.1) is 13.8 Å². The molecule has 0 saturated carbocycles. The van der Waals surface area contributed by atoms with Crippen LogP contribution in [0.1, 0.15) is 44.3 Å². The second-order valence-corrected chi connectivity index (χ2v) is 6.22. The lowest BCUT2D eigenvalue weighted by atomic mass is 10.2. The fourth-order valence-corrected chi connectivity index (χ4v) is 3.40. The molecule has 5 nitrogen and oxygen atoms in total. The molecule has 24 heavy (non-hydrogen) atoms. The average molecular weight is 448 g/mol. The monoisotopic (exact) mass is 448 g/mol. The van der Waals surface area contributed by atoms with Gasteiger partial charge in [0, 0.05) is 31.2 Å². The molecule has 1 aliphatic heterocycles. The molecule has 2 rings (SSSR count). The zero-order valence-corrected chi connectivity index (χ0v) is 18.1. The van der Waals surface area contributed by atoms with Crippen LogP contribution in [0.2, 0.25) is 0 Å². The third kappa shape index (κ3) is 5.37. The molecule has 1 fully saturated rings. The van der Waals surface area contributed by atoms with Crippen LogP contribution in [0.25, 0.3) is 0 Å². The third-order valence-corrected chi connectivity index (χ3v) is 4.67. The van der Waals surface area contributed by atoms with E-state index in [4.69, 9.17) is 9.41 Å². The Morgan fingerprint density at radius 2 is 2.04 bits per heavy atom. The molecule has 0 amide bonds. The number of aliphatic imine (C=N–C) groups is 1. The van der Waals surface area contributed by atoms with Crippen molar-refractivity contribution in [3.05, 3.63) is 23.2 Å². The van der Waals surface area contributed by atoms with E-state index < -0.39 is 0 Å². The van der Waals surface area contributed by atoms with E-state index in [0.29, 0.717) is 12.6 Å². The summed E-state index contributed by atoms with van der Waals surface area (Å²) in [6, 6.07) is 2.73. The first-order valence-corrected chi connectivity index (χ1v) is 8.92. The van der Waals surface area contributed by atoms with E-state index in [1.807, 2.05) is 13.8 Å². The van der Waals surface area contributed by atoms with E-state index in [1.165, 1.54) is 12.0 Å². The van der Waals surface area contributed by atoms with E-state index in [0.717, 1.165) is 50.2 Å². The summed E-state index contributed by atoms with van der Waals surface area (Å²) < 4.78 is 5.60. The number of nitrogens with zero attached hydrogens (tertiary/aromatic N) is 3. The lowest BCUT2D eigenvalue weighted by molar-refractivity contribution is 0.223. The summed E-state index contributed by atoms with van der Waals surface area (Å²) in [4.78, 5) is 9.78. The van der Waals surface area contributed by atoms with Gasteiger partial charge in [-0.05, 0) is 46.3 Å². The number of likely N-dealkylation sites (tertiary alicyclic amines) is 1. The normalized spacial score (nSPS) is 18.2. The van der Waals surface area contributed by atoms with Crippen LogP contribution < -0.4 is 5.32 Å². The van der Waals surface area contributed by atoms with Gasteiger partial charge in [-0.3, -0.25) is 4.90 Å². The van der Waals surface area contributed by atoms with Gasteiger partial charge in [0.1, 0.15) is 11.5 Å². The zero-order chi connectivity index (χ0) is 16.8. The van der Waals surface area contributed by atoms with Crippen LogP contribution in [0.3, 0.4) is 0 Å². The molecule has 0 aliphatic carbocycles. The van der Waals surface area contributed by atoms with Crippen LogP contribution >= 0.6 is 24.0 Å². The minimum Gasteiger partial charge on any atom is -0.466 e. The molecular formula is C18H33IN4O. The molecule has 1 N–H and O–H groups in total. The van der Waals surface area contributed by atoms with E-state index >= 15 is 0 Å². The van der Waals surface area contributed by atoms with Crippen LogP contribution in [0.5, 0.6) is 0 Å². The lowest BCUT2D eigenvalue weighted by Gasteiger charge is -2.27. The van der Waals surface area contributed by atoms with E-state index in [2.05, 4.69) is 42.0 Å². The Bertz CT molecular complexity index is 525. The molecule has 138 valence electrons. The molecule has 6 heteroatoms. The first kappa shape index (κ1) is 21.3. The fourth-order valence-electron chi connectivity index (χ4n) is 3.40. The van der Waals surface area contributed by atoms with Crippen LogP contribution in [0.15, 0.2) is 15.5 Å². The SMILES string of the molecule is CCNC(=NCc1cc(C)oc1C)N1CCC(N(CC)CC)C1.I. The molecule has 1 aliphatic rings. The summed E-state index contributed by atoms with van der Waals surface area (Å²) in [7, 11) is 0. The number of hydrogen-bond acceptors (Lipinski definition) is 3. The smallest absolute Gasteiger partial charge is 0.194 e. The maximum Gasteiger partial charge on any atom is 0.194 e. The Balaban J connectivity index is 0.00000288. The molecule has 1 aromatic rings. The van der Waals surface area contributed by atoms with Crippen LogP contribution in [-0.2, 0) is 6.54 Å². The summed E-state index contributed by atoms with van der Waals surface area (Å²) in [5.41, 5.74) is 1.18. The lowest BCUT2D eigenvalue weighted by Crippen LogP contribution is -2.43. The number of likely N-dealkylation sites (N-methyl/N-ethyl adjacent to an activating group) is 1. The van der Waals surface area contributed by atoms with Gasteiger partial charge < -0.3 is 14.6 Å². The first-order valence-electron chi connectivity index (χ1n) is 8.92. The van der Waals surface area contributed by atoms with Gasteiger partial charge in [0.25, 0.3) is 0 Å². The van der Waals surface area contributed by atoms with E-state index in [9.17, 15) is 0 Å². The Morgan fingerprint density at radius 3 is 2.58 bits per heavy atom. The van der Waals surface area contributed by atoms with Gasteiger partial charge in [-0.15, -0.1) is 24.0 Å². The number of nitrogens with one attached hydrogen (secondary N) is 1. The maximum absolute atomic E-state index is 5.60. The zero-order valence-electron chi connectivity index (χ0n) is 15.8. The van der Waals surface area contributed by atoms with Gasteiger partial charge in [-0.25, -0.2) is 4.99 Å².